The Bertz CT molecular complexity index is 512. The molecule has 0 spiro atoms. The number of hydrogen-bond acceptors (Lipinski definition) is 3. The molecule has 1 saturated heterocycles. The highest BCUT2D eigenvalue weighted by Crippen LogP contribution is 2.37. The Balaban J connectivity index is 1.63. The minimum atomic E-state index is -0.0571. The predicted molar refractivity (Wildman–Crippen MR) is 82.2 cm³/mol. The van der Waals surface area contributed by atoms with Gasteiger partial charge in [0.15, 0.2) is 0 Å². The SMILES string of the molecule is CC(C)c1ccc(C(=O)NC2C(N)C3CCCOC32)cc1. The zero-order valence-electron chi connectivity index (χ0n) is 12.7. The maximum Gasteiger partial charge on any atom is 0.251 e. The molecular weight excluding hydrogens is 264 g/mol. The van der Waals surface area contributed by atoms with E-state index in [9.17, 15) is 4.79 Å². The molecule has 2 fully saturated rings. The van der Waals surface area contributed by atoms with E-state index in [0.29, 0.717) is 17.4 Å². The van der Waals surface area contributed by atoms with Gasteiger partial charge in [-0.2, -0.15) is 0 Å². The van der Waals surface area contributed by atoms with Crippen molar-refractivity contribution < 1.29 is 9.53 Å². The van der Waals surface area contributed by atoms with E-state index in [1.165, 1.54) is 5.56 Å². The zero-order valence-corrected chi connectivity index (χ0v) is 12.7. The number of amides is 1. The van der Waals surface area contributed by atoms with Gasteiger partial charge < -0.3 is 15.8 Å². The van der Waals surface area contributed by atoms with Crippen LogP contribution in [0.5, 0.6) is 0 Å². The molecule has 114 valence electrons. The Morgan fingerprint density at radius 1 is 1.33 bits per heavy atom. The Kier molecular flexibility index (Phi) is 4.00. The minimum Gasteiger partial charge on any atom is -0.376 e. The van der Waals surface area contributed by atoms with Crippen LogP contribution in [-0.4, -0.2) is 30.7 Å². The summed E-state index contributed by atoms with van der Waals surface area (Å²) in [7, 11) is 0. The second kappa shape index (κ2) is 5.78. The van der Waals surface area contributed by atoms with Crippen LogP contribution in [0.4, 0.5) is 0 Å². The highest BCUT2D eigenvalue weighted by molar-refractivity contribution is 5.94. The van der Waals surface area contributed by atoms with Gasteiger partial charge >= 0.3 is 0 Å². The number of ether oxygens (including phenoxy) is 1. The summed E-state index contributed by atoms with van der Waals surface area (Å²) in [5.74, 6) is 0.823. The second-order valence-corrected chi connectivity index (χ2v) is 6.49. The fourth-order valence-corrected chi connectivity index (χ4v) is 3.38. The van der Waals surface area contributed by atoms with E-state index in [-0.39, 0.29) is 24.1 Å². The van der Waals surface area contributed by atoms with Gasteiger partial charge in [-0.3, -0.25) is 4.79 Å². The molecule has 1 aliphatic heterocycles. The number of hydrogen-bond donors (Lipinski definition) is 2. The Morgan fingerprint density at radius 2 is 2.05 bits per heavy atom. The summed E-state index contributed by atoms with van der Waals surface area (Å²) in [5.41, 5.74) is 8.10. The first kappa shape index (κ1) is 14.5. The summed E-state index contributed by atoms with van der Waals surface area (Å²) in [6.45, 7) is 5.06. The van der Waals surface area contributed by atoms with Gasteiger partial charge in [0.1, 0.15) is 0 Å². The quantitative estimate of drug-likeness (QED) is 0.894. The van der Waals surface area contributed by atoms with Crippen molar-refractivity contribution >= 4 is 5.91 Å². The summed E-state index contributed by atoms with van der Waals surface area (Å²) >= 11 is 0. The summed E-state index contributed by atoms with van der Waals surface area (Å²) < 4.78 is 5.75. The van der Waals surface area contributed by atoms with E-state index in [4.69, 9.17) is 10.5 Å². The molecule has 4 heteroatoms. The standard InChI is InChI=1S/C17H24N2O2/c1-10(2)11-5-7-12(8-6-11)17(20)19-15-14(18)13-4-3-9-21-16(13)15/h5-8,10,13-16H,3-4,9,18H2,1-2H3,(H,19,20). The van der Waals surface area contributed by atoms with Crippen molar-refractivity contribution in [3.8, 4) is 0 Å². The summed E-state index contributed by atoms with van der Waals surface area (Å²) in [4.78, 5) is 12.3. The van der Waals surface area contributed by atoms with Crippen LogP contribution < -0.4 is 11.1 Å². The van der Waals surface area contributed by atoms with Crippen molar-refractivity contribution in [2.45, 2.75) is 50.8 Å². The predicted octanol–water partition coefficient (Wildman–Crippen LogP) is 2.04. The molecule has 4 atom stereocenters. The first-order valence-electron chi connectivity index (χ1n) is 7.86. The molecule has 2 aliphatic rings. The van der Waals surface area contributed by atoms with Gasteiger partial charge in [-0.05, 0) is 36.5 Å². The fraction of sp³-hybridized carbons (Fsp3) is 0.588. The van der Waals surface area contributed by atoms with E-state index in [1.54, 1.807) is 0 Å². The Labute approximate surface area is 126 Å². The molecule has 0 bridgehead atoms. The normalized spacial score (nSPS) is 31.4. The lowest BCUT2D eigenvalue weighted by Crippen LogP contribution is -2.72. The van der Waals surface area contributed by atoms with E-state index >= 15 is 0 Å². The Hall–Kier alpha value is -1.39. The van der Waals surface area contributed by atoms with Gasteiger partial charge in [0.25, 0.3) is 5.91 Å². The van der Waals surface area contributed by atoms with Gasteiger partial charge in [-0.15, -0.1) is 0 Å². The van der Waals surface area contributed by atoms with Crippen LogP contribution in [0.15, 0.2) is 24.3 Å². The highest BCUT2D eigenvalue weighted by Gasteiger charge is 2.51. The molecule has 3 N–H and O–H groups in total. The monoisotopic (exact) mass is 288 g/mol. The van der Waals surface area contributed by atoms with Gasteiger partial charge in [0.05, 0.1) is 12.1 Å². The molecule has 4 unspecified atom stereocenters. The lowest BCUT2D eigenvalue weighted by molar-refractivity contribution is -0.117. The average Bonchev–Trinajstić information content (AvgIpc) is 2.52. The molecule has 0 radical (unpaired) electrons. The van der Waals surface area contributed by atoms with Crippen molar-refractivity contribution in [2.24, 2.45) is 11.7 Å². The van der Waals surface area contributed by atoms with Crippen LogP contribution in [-0.2, 0) is 4.74 Å². The maximum atomic E-state index is 12.3. The molecule has 1 aliphatic carbocycles. The number of fused-ring (bicyclic) bond motifs is 1. The minimum absolute atomic E-state index is 0.0224. The fourth-order valence-electron chi connectivity index (χ4n) is 3.38. The molecule has 1 aromatic rings. The third-order valence-electron chi connectivity index (χ3n) is 4.81. The van der Waals surface area contributed by atoms with Gasteiger partial charge in [0.2, 0.25) is 0 Å². The molecular formula is C17H24N2O2. The lowest BCUT2D eigenvalue weighted by Gasteiger charge is -2.52. The molecule has 1 saturated carbocycles. The molecule has 4 nitrogen and oxygen atoms in total. The van der Waals surface area contributed by atoms with Crippen LogP contribution >= 0.6 is 0 Å². The summed E-state index contributed by atoms with van der Waals surface area (Å²) in [5, 5.41) is 3.04. The van der Waals surface area contributed by atoms with Gasteiger partial charge in [-0.1, -0.05) is 26.0 Å². The first-order chi connectivity index (χ1) is 10.1. The van der Waals surface area contributed by atoms with Crippen LogP contribution in [0.2, 0.25) is 0 Å². The van der Waals surface area contributed by atoms with Crippen molar-refractivity contribution in [1.29, 1.82) is 0 Å². The van der Waals surface area contributed by atoms with Crippen LogP contribution in [0, 0.1) is 5.92 Å². The summed E-state index contributed by atoms with van der Waals surface area (Å²) in [6.07, 6.45) is 2.29. The molecule has 21 heavy (non-hydrogen) atoms. The van der Waals surface area contributed by atoms with Crippen molar-refractivity contribution in [2.75, 3.05) is 6.61 Å². The molecule has 1 aromatic carbocycles. The number of nitrogens with two attached hydrogens (primary N) is 1. The third kappa shape index (κ3) is 2.70. The topological polar surface area (TPSA) is 64.4 Å². The number of rotatable bonds is 3. The Morgan fingerprint density at radius 3 is 2.71 bits per heavy atom. The average molecular weight is 288 g/mol. The second-order valence-electron chi connectivity index (χ2n) is 6.49. The number of carbonyl (C=O) groups excluding carboxylic acids is 1. The number of benzene rings is 1. The summed E-state index contributed by atoms with van der Waals surface area (Å²) in [6, 6.07) is 7.77. The molecule has 1 amide bonds. The molecule has 0 aromatic heterocycles. The van der Waals surface area contributed by atoms with Crippen molar-refractivity contribution in [3.05, 3.63) is 35.4 Å². The molecule has 1 heterocycles. The van der Waals surface area contributed by atoms with E-state index in [0.717, 1.165) is 19.4 Å². The zero-order chi connectivity index (χ0) is 15.0. The van der Waals surface area contributed by atoms with Crippen LogP contribution in [0.1, 0.15) is 48.5 Å². The first-order valence-corrected chi connectivity index (χ1v) is 7.86. The smallest absolute Gasteiger partial charge is 0.251 e. The van der Waals surface area contributed by atoms with Crippen LogP contribution in [0.3, 0.4) is 0 Å². The number of carbonyl (C=O) groups is 1. The molecule has 3 rings (SSSR count). The maximum absolute atomic E-state index is 12.3. The van der Waals surface area contributed by atoms with E-state index < -0.39 is 0 Å². The lowest BCUT2D eigenvalue weighted by atomic mass is 9.68. The van der Waals surface area contributed by atoms with Gasteiger partial charge in [0, 0.05) is 24.1 Å². The van der Waals surface area contributed by atoms with E-state index in [2.05, 4.69) is 19.2 Å². The van der Waals surface area contributed by atoms with Crippen molar-refractivity contribution in [1.82, 2.24) is 5.32 Å². The van der Waals surface area contributed by atoms with Crippen molar-refractivity contribution in [3.63, 3.8) is 0 Å². The largest absolute Gasteiger partial charge is 0.376 e. The van der Waals surface area contributed by atoms with E-state index in [1.807, 2.05) is 24.3 Å². The van der Waals surface area contributed by atoms with Crippen LogP contribution in [0.25, 0.3) is 0 Å². The highest BCUT2D eigenvalue weighted by atomic mass is 16.5. The van der Waals surface area contributed by atoms with Gasteiger partial charge in [-0.25, -0.2) is 0 Å². The number of nitrogens with one attached hydrogen (secondary N) is 1. The third-order valence-corrected chi connectivity index (χ3v) is 4.81.